The van der Waals surface area contributed by atoms with Crippen molar-refractivity contribution in [2.75, 3.05) is 31.0 Å². The minimum atomic E-state index is -3.81. The van der Waals surface area contributed by atoms with Gasteiger partial charge in [0.1, 0.15) is 5.76 Å². The molecule has 1 unspecified atom stereocenters. The summed E-state index contributed by atoms with van der Waals surface area (Å²) in [5.74, 6) is 0.502. The van der Waals surface area contributed by atoms with E-state index in [4.69, 9.17) is 4.42 Å². The van der Waals surface area contributed by atoms with Gasteiger partial charge in [0.2, 0.25) is 0 Å². The van der Waals surface area contributed by atoms with Crippen LogP contribution in [0.25, 0.3) is 0 Å². The number of hydrogen-bond acceptors (Lipinski definition) is 5. The van der Waals surface area contributed by atoms with Crippen LogP contribution in [0.5, 0.6) is 0 Å². The topological polar surface area (TPSA) is 82.9 Å². The largest absolute Gasteiger partial charge is 0.468 e. The molecule has 2 aromatic carbocycles. The lowest BCUT2D eigenvalue weighted by Gasteiger charge is -2.33. The van der Waals surface area contributed by atoms with Gasteiger partial charge in [-0.2, -0.15) is 0 Å². The number of aryl methyl sites for hydroxylation is 1. The molecule has 1 N–H and O–H groups in total. The first-order chi connectivity index (χ1) is 16.4. The van der Waals surface area contributed by atoms with Crippen LogP contribution in [0.3, 0.4) is 0 Å². The Bertz CT molecular complexity index is 1200. The molecule has 1 amide bonds. The lowest BCUT2D eigenvalue weighted by Crippen LogP contribution is -2.40. The highest BCUT2D eigenvalue weighted by Gasteiger charge is 2.26. The van der Waals surface area contributed by atoms with Gasteiger partial charge in [0.25, 0.3) is 15.9 Å². The molecule has 1 atom stereocenters. The van der Waals surface area contributed by atoms with Crippen LogP contribution in [0.2, 0.25) is 0 Å². The van der Waals surface area contributed by atoms with Crippen molar-refractivity contribution in [2.24, 2.45) is 0 Å². The lowest BCUT2D eigenvalue weighted by atomic mass is 10.1. The molecule has 1 fully saturated rings. The Kier molecular flexibility index (Phi) is 7.38. The molecular weight excluding hydrogens is 450 g/mol. The van der Waals surface area contributed by atoms with E-state index in [-0.39, 0.29) is 16.8 Å². The second-order valence-electron chi connectivity index (χ2n) is 8.67. The zero-order chi connectivity index (χ0) is 24.1. The SMILES string of the molecule is Cc1ccc(N(C)S(=O)(=O)c2cccc(C(=O)NCC(c3ccco3)N3CCCCC3)c2)cc1. The average molecular weight is 482 g/mol. The van der Waals surface area contributed by atoms with Gasteiger partial charge in [-0.15, -0.1) is 0 Å². The average Bonchev–Trinajstić information content (AvgIpc) is 3.39. The molecular formula is C26H31N3O4S. The van der Waals surface area contributed by atoms with Gasteiger partial charge in [0, 0.05) is 19.2 Å². The number of carbonyl (C=O) groups is 1. The Morgan fingerprint density at radius 3 is 2.47 bits per heavy atom. The number of amides is 1. The van der Waals surface area contributed by atoms with Gasteiger partial charge in [-0.25, -0.2) is 8.42 Å². The van der Waals surface area contributed by atoms with Gasteiger partial charge in [0.15, 0.2) is 0 Å². The fourth-order valence-electron chi connectivity index (χ4n) is 4.26. The molecule has 2 heterocycles. The molecule has 0 spiro atoms. The maximum absolute atomic E-state index is 13.2. The molecule has 4 rings (SSSR count). The predicted molar refractivity (Wildman–Crippen MR) is 132 cm³/mol. The van der Waals surface area contributed by atoms with E-state index in [1.54, 1.807) is 30.5 Å². The summed E-state index contributed by atoms with van der Waals surface area (Å²) >= 11 is 0. The van der Waals surface area contributed by atoms with Crippen molar-refractivity contribution < 1.29 is 17.6 Å². The van der Waals surface area contributed by atoms with Crippen LogP contribution >= 0.6 is 0 Å². The van der Waals surface area contributed by atoms with Crippen LogP contribution in [0, 0.1) is 6.92 Å². The zero-order valence-electron chi connectivity index (χ0n) is 19.6. The summed E-state index contributed by atoms with van der Waals surface area (Å²) in [6, 6.07) is 17.1. The van der Waals surface area contributed by atoms with Crippen molar-refractivity contribution in [2.45, 2.75) is 37.1 Å². The van der Waals surface area contributed by atoms with Crippen LogP contribution in [0.1, 0.15) is 47.0 Å². The molecule has 0 radical (unpaired) electrons. The normalized spacial score (nSPS) is 15.6. The third kappa shape index (κ3) is 5.34. The zero-order valence-corrected chi connectivity index (χ0v) is 20.4. The maximum atomic E-state index is 13.2. The number of anilines is 1. The first-order valence-electron chi connectivity index (χ1n) is 11.6. The van der Waals surface area contributed by atoms with Gasteiger partial charge < -0.3 is 9.73 Å². The van der Waals surface area contributed by atoms with Crippen LogP contribution in [0.4, 0.5) is 5.69 Å². The van der Waals surface area contributed by atoms with Gasteiger partial charge in [-0.05, 0) is 75.3 Å². The van der Waals surface area contributed by atoms with Crippen molar-refractivity contribution >= 4 is 21.6 Å². The summed E-state index contributed by atoms with van der Waals surface area (Å²) in [5.41, 5.74) is 1.91. The van der Waals surface area contributed by atoms with E-state index in [0.29, 0.717) is 17.8 Å². The first kappa shape index (κ1) is 24.0. The monoisotopic (exact) mass is 481 g/mol. The van der Waals surface area contributed by atoms with E-state index in [1.807, 2.05) is 31.2 Å². The van der Waals surface area contributed by atoms with Crippen LogP contribution in [-0.4, -0.2) is 45.9 Å². The number of rotatable bonds is 8. The Labute approximate surface area is 201 Å². The third-order valence-corrected chi connectivity index (χ3v) is 8.09. The van der Waals surface area contributed by atoms with E-state index >= 15 is 0 Å². The van der Waals surface area contributed by atoms with Crippen LogP contribution in [0.15, 0.2) is 76.2 Å². The van der Waals surface area contributed by atoms with E-state index in [2.05, 4.69) is 10.2 Å². The van der Waals surface area contributed by atoms with E-state index < -0.39 is 10.0 Å². The molecule has 7 nitrogen and oxygen atoms in total. The quantitative estimate of drug-likeness (QED) is 0.517. The lowest BCUT2D eigenvalue weighted by molar-refractivity contribution is 0.0914. The maximum Gasteiger partial charge on any atom is 0.264 e. The standard InChI is InChI=1S/C26H31N3O4S/c1-20-11-13-22(14-12-20)28(2)34(31,32)23-9-6-8-21(18-23)26(30)27-19-24(25-10-7-17-33-25)29-15-4-3-5-16-29/h6-14,17-18,24H,3-5,15-16,19H2,1-2H3,(H,27,30). The van der Waals surface area contributed by atoms with E-state index in [1.165, 1.54) is 29.9 Å². The fraction of sp³-hybridized carbons (Fsp3) is 0.346. The number of furan rings is 1. The second kappa shape index (κ2) is 10.4. The minimum Gasteiger partial charge on any atom is -0.468 e. The van der Waals surface area contributed by atoms with Gasteiger partial charge >= 0.3 is 0 Å². The molecule has 1 aliphatic heterocycles. The van der Waals surface area contributed by atoms with Crippen molar-refractivity contribution in [3.63, 3.8) is 0 Å². The number of carbonyl (C=O) groups excluding carboxylic acids is 1. The summed E-state index contributed by atoms with van der Waals surface area (Å²) < 4.78 is 33.3. The number of nitrogens with zero attached hydrogens (tertiary/aromatic N) is 2. The third-order valence-electron chi connectivity index (χ3n) is 6.31. The smallest absolute Gasteiger partial charge is 0.264 e. The number of hydrogen-bond donors (Lipinski definition) is 1. The van der Waals surface area contributed by atoms with E-state index in [0.717, 1.165) is 37.3 Å². The molecule has 180 valence electrons. The highest BCUT2D eigenvalue weighted by atomic mass is 32.2. The fourth-order valence-corrected chi connectivity index (χ4v) is 5.50. The van der Waals surface area contributed by atoms with Crippen molar-refractivity contribution in [3.8, 4) is 0 Å². The summed E-state index contributed by atoms with van der Waals surface area (Å²) in [4.78, 5) is 15.4. The van der Waals surface area contributed by atoms with Crippen molar-refractivity contribution in [1.82, 2.24) is 10.2 Å². The first-order valence-corrected chi connectivity index (χ1v) is 13.0. The Morgan fingerprint density at radius 2 is 1.79 bits per heavy atom. The Hall–Kier alpha value is -3.10. The summed E-state index contributed by atoms with van der Waals surface area (Å²) in [5, 5.41) is 2.98. The van der Waals surface area contributed by atoms with E-state index in [9.17, 15) is 13.2 Å². The molecule has 0 aliphatic carbocycles. The number of nitrogens with one attached hydrogen (secondary N) is 1. The number of benzene rings is 2. The van der Waals surface area contributed by atoms with Crippen molar-refractivity contribution in [1.29, 1.82) is 0 Å². The predicted octanol–water partition coefficient (Wildman–Crippen LogP) is 4.37. The number of likely N-dealkylation sites (tertiary alicyclic amines) is 1. The molecule has 0 bridgehead atoms. The van der Waals surface area contributed by atoms with Crippen LogP contribution in [-0.2, 0) is 10.0 Å². The minimum absolute atomic E-state index is 0.0566. The molecule has 1 saturated heterocycles. The number of sulfonamides is 1. The Balaban J connectivity index is 1.49. The van der Waals surface area contributed by atoms with Gasteiger partial charge in [-0.3, -0.25) is 14.0 Å². The van der Waals surface area contributed by atoms with Crippen LogP contribution < -0.4 is 9.62 Å². The Morgan fingerprint density at radius 1 is 1.06 bits per heavy atom. The molecule has 0 saturated carbocycles. The molecule has 3 aromatic rings. The second-order valence-corrected chi connectivity index (χ2v) is 10.6. The summed E-state index contributed by atoms with van der Waals surface area (Å²) in [6.07, 6.45) is 5.11. The molecule has 1 aliphatic rings. The highest BCUT2D eigenvalue weighted by Crippen LogP contribution is 2.25. The number of piperidine rings is 1. The highest BCUT2D eigenvalue weighted by molar-refractivity contribution is 7.92. The molecule has 8 heteroatoms. The summed E-state index contributed by atoms with van der Waals surface area (Å²) in [6.45, 7) is 4.25. The molecule has 1 aromatic heterocycles. The van der Waals surface area contributed by atoms with Gasteiger partial charge in [-0.1, -0.05) is 30.2 Å². The van der Waals surface area contributed by atoms with Crippen molar-refractivity contribution in [3.05, 3.63) is 83.8 Å². The van der Waals surface area contributed by atoms with Gasteiger partial charge in [0.05, 0.1) is 22.9 Å². The summed E-state index contributed by atoms with van der Waals surface area (Å²) in [7, 11) is -2.30. The molecule has 34 heavy (non-hydrogen) atoms.